The lowest BCUT2D eigenvalue weighted by atomic mass is 10.1. The number of nitrogens with one attached hydrogen (secondary N) is 1. The molecule has 2 heterocycles. The average molecular weight is 421 g/mol. The number of amides is 1. The fourth-order valence-electron chi connectivity index (χ4n) is 3.46. The summed E-state index contributed by atoms with van der Waals surface area (Å²) in [5, 5.41) is 18.9. The number of aromatic nitrogens is 6. The number of hydrogen-bond donors (Lipinski definition) is 1. The van der Waals surface area contributed by atoms with Crippen molar-refractivity contribution in [3.05, 3.63) is 103 Å². The molecular formula is C24H19N7O. The van der Waals surface area contributed by atoms with Gasteiger partial charge < -0.3 is 5.32 Å². The van der Waals surface area contributed by atoms with Crippen LogP contribution >= 0.6 is 0 Å². The van der Waals surface area contributed by atoms with Crippen LogP contribution in [0.5, 0.6) is 0 Å². The standard InChI is InChI=1S/C24H19N7O/c1-17-7-5-8-18(13-17)23-22(15-30(27-23)20-10-3-2-4-11-20)24(32)26-19-9-6-12-21(14-19)31-16-25-28-29-31/h2-16H,1H3,(H,26,32). The molecule has 0 radical (unpaired) electrons. The molecule has 1 N–H and O–H groups in total. The van der Waals surface area contributed by atoms with Crippen molar-refractivity contribution in [3.63, 3.8) is 0 Å². The number of nitrogens with zero attached hydrogens (tertiary/aromatic N) is 6. The third kappa shape index (κ3) is 3.89. The first kappa shape index (κ1) is 19.4. The molecule has 5 aromatic rings. The Bertz CT molecular complexity index is 1370. The highest BCUT2D eigenvalue weighted by atomic mass is 16.1. The molecule has 0 atom stereocenters. The first-order valence-corrected chi connectivity index (χ1v) is 10.0. The maximum atomic E-state index is 13.3. The monoisotopic (exact) mass is 421 g/mol. The molecule has 2 aromatic heterocycles. The van der Waals surface area contributed by atoms with Crippen molar-refractivity contribution < 1.29 is 4.79 Å². The van der Waals surface area contributed by atoms with Crippen LogP contribution < -0.4 is 5.32 Å². The zero-order chi connectivity index (χ0) is 21.9. The van der Waals surface area contributed by atoms with E-state index in [0.717, 1.165) is 22.5 Å². The summed E-state index contributed by atoms with van der Waals surface area (Å²) in [6, 6.07) is 25.0. The van der Waals surface area contributed by atoms with Crippen LogP contribution in [0, 0.1) is 6.92 Å². The number of para-hydroxylation sites is 1. The van der Waals surface area contributed by atoms with Gasteiger partial charge in [-0.3, -0.25) is 4.79 Å². The Morgan fingerprint density at radius 2 is 1.69 bits per heavy atom. The highest BCUT2D eigenvalue weighted by molar-refractivity contribution is 6.08. The first-order chi connectivity index (χ1) is 15.7. The number of aryl methyl sites for hydroxylation is 1. The Hall–Kier alpha value is -4.59. The second-order valence-electron chi connectivity index (χ2n) is 7.30. The van der Waals surface area contributed by atoms with Gasteiger partial charge in [0.05, 0.1) is 16.9 Å². The Labute approximate surface area is 184 Å². The van der Waals surface area contributed by atoms with Crippen LogP contribution in [0.1, 0.15) is 15.9 Å². The number of carbonyl (C=O) groups is 1. The molecule has 32 heavy (non-hydrogen) atoms. The lowest BCUT2D eigenvalue weighted by molar-refractivity contribution is 0.102. The van der Waals surface area contributed by atoms with Crippen molar-refractivity contribution >= 4 is 11.6 Å². The van der Waals surface area contributed by atoms with E-state index in [9.17, 15) is 4.79 Å². The van der Waals surface area contributed by atoms with E-state index in [-0.39, 0.29) is 5.91 Å². The molecule has 0 saturated carbocycles. The van der Waals surface area contributed by atoms with E-state index in [4.69, 9.17) is 5.10 Å². The molecule has 8 nitrogen and oxygen atoms in total. The van der Waals surface area contributed by atoms with Gasteiger partial charge in [-0.25, -0.2) is 9.36 Å². The highest BCUT2D eigenvalue weighted by Crippen LogP contribution is 2.26. The van der Waals surface area contributed by atoms with Gasteiger partial charge in [-0.05, 0) is 53.7 Å². The van der Waals surface area contributed by atoms with Gasteiger partial charge in [-0.2, -0.15) is 5.10 Å². The number of tetrazole rings is 1. The fourth-order valence-corrected chi connectivity index (χ4v) is 3.46. The van der Waals surface area contributed by atoms with Crippen molar-refractivity contribution in [2.45, 2.75) is 6.92 Å². The van der Waals surface area contributed by atoms with Gasteiger partial charge in [0.2, 0.25) is 0 Å². The zero-order valence-corrected chi connectivity index (χ0v) is 17.3. The lowest BCUT2D eigenvalue weighted by Gasteiger charge is -2.07. The molecule has 156 valence electrons. The van der Waals surface area contributed by atoms with Crippen molar-refractivity contribution in [2.24, 2.45) is 0 Å². The van der Waals surface area contributed by atoms with Crippen LogP contribution in [0.4, 0.5) is 5.69 Å². The maximum absolute atomic E-state index is 13.3. The van der Waals surface area contributed by atoms with Crippen LogP contribution in [-0.2, 0) is 0 Å². The number of benzene rings is 3. The van der Waals surface area contributed by atoms with Gasteiger partial charge in [0.1, 0.15) is 12.0 Å². The van der Waals surface area contributed by atoms with Gasteiger partial charge in [0.15, 0.2) is 0 Å². The summed E-state index contributed by atoms with van der Waals surface area (Å²) in [4.78, 5) is 13.3. The molecule has 8 heteroatoms. The van der Waals surface area contributed by atoms with E-state index in [1.807, 2.05) is 85.8 Å². The predicted octanol–water partition coefficient (Wildman–Crippen LogP) is 4.08. The summed E-state index contributed by atoms with van der Waals surface area (Å²) >= 11 is 0. The molecule has 0 aliphatic carbocycles. The Kier molecular flexibility index (Phi) is 5.01. The van der Waals surface area contributed by atoms with E-state index in [1.54, 1.807) is 10.9 Å². The summed E-state index contributed by atoms with van der Waals surface area (Å²) in [5.41, 5.74) is 5.32. The van der Waals surface area contributed by atoms with E-state index < -0.39 is 0 Å². The minimum Gasteiger partial charge on any atom is -0.322 e. The predicted molar refractivity (Wildman–Crippen MR) is 121 cm³/mol. The van der Waals surface area contributed by atoms with Crippen LogP contribution in [-0.4, -0.2) is 35.9 Å². The third-order valence-electron chi connectivity index (χ3n) is 4.99. The van der Waals surface area contributed by atoms with E-state index in [1.165, 1.54) is 11.0 Å². The second-order valence-corrected chi connectivity index (χ2v) is 7.30. The Balaban J connectivity index is 1.52. The van der Waals surface area contributed by atoms with Crippen LogP contribution in [0.25, 0.3) is 22.6 Å². The maximum Gasteiger partial charge on any atom is 0.259 e. The number of carbonyl (C=O) groups excluding carboxylic acids is 1. The minimum atomic E-state index is -0.252. The summed E-state index contributed by atoms with van der Waals surface area (Å²) in [5.74, 6) is -0.252. The largest absolute Gasteiger partial charge is 0.322 e. The minimum absolute atomic E-state index is 0.252. The second kappa shape index (κ2) is 8.27. The Morgan fingerprint density at radius 1 is 0.875 bits per heavy atom. The molecule has 0 fully saturated rings. The summed E-state index contributed by atoms with van der Waals surface area (Å²) in [6.07, 6.45) is 3.26. The van der Waals surface area contributed by atoms with Gasteiger partial charge in [-0.1, -0.05) is 48.0 Å². The summed E-state index contributed by atoms with van der Waals surface area (Å²) in [7, 11) is 0. The van der Waals surface area contributed by atoms with Gasteiger partial charge in [0, 0.05) is 17.4 Å². The van der Waals surface area contributed by atoms with Crippen molar-refractivity contribution in [2.75, 3.05) is 5.32 Å². The molecular weight excluding hydrogens is 402 g/mol. The van der Waals surface area contributed by atoms with E-state index in [0.29, 0.717) is 16.9 Å². The highest BCUT2D eigenvalue weighted by Gasteiger charge is 2.19. The molecule has 1 amide bonds. The molecule has 0 unspecified atom stereocenters. The normalized spacial score (nSPS) is 10.8. The van der Waals surface area contributed by atoms with Crippen molar-refractivity contribution in [3.8, 4) is 22.6 Å². The zero-order valence-electron chi connectivity index (χ0n) is 17.3. The van der Waals surface area contributed by atoms with Gasteiger partial charge in [0.25, 0.3) is 5.91 Å². The fraction of sp³-hybridized carbons (Fsp3) is 0.0417. The molecule has 0 aliphatic heterocycles. The number of anilines is 1. The third-order valence-corrected chi connectivity index (χ3v) is 4.99. The summed E-state index contributed by atoms with van der Waals surface area (Å²) < 4.78 is 3.26. The topological polar surface area (TPSA) is 90.5 Å². The van der Waals surface area contributed by atoms with E-state index >= 15 is 0 Å². The number of hydrogen-bond acceptors (Lipinski definition) is 5. The molecule has 5 rings (SSSR count). The molecule has 0 aliphatic rings. The molecule has 3 aromatic carbocycles. The molecule has 0 saturated heterocycles. The number of rotatable bonds is 5. The van der Waals surface area contributed by atoms with Crippen LogP contribution in [0.15, 0.2) is 91.4 Å². The lowest BCUT2D eigenvalue weighted by Crippen LogP contribution is -2.12. The van der Waals surface area contributed by atoms with Crippen LogP contribution in [0.3, 0.4) is 0 Å². The van der Waals surface area contributed by atoms with Crippen molar-refractivity contribution in [1.29, 1.82) is 0 Å². The quantitative estimate of drug-likeness (QED) is 0.462. The Morgan fingerprint density at radius 3 is 2.47 bits per heavy atom. The molecule has 0 bridgehead atoms. The smallest absolute Gasteiger partial charge is 0.259 e. The van der Waals surface area contributed by atoms with Crippen molar-refractivity contribution in [1.82, 2.24) is 30.0 Å². The molecule has 0 spiro atoms. The van der Waals surface area contributed by atoms with Crippen LogP contribution in [0.2, 0.25) is 0 Å². The van der Waals surface area contributed by atoms with Gasteiger partial charge in [-0.15, -0.1) is 5.10 Å². The first-order valence-electron chi connectivity index (χ1n) is 10.0. The van der Waals surface area contributed by atoms with Gasteiger partial charge >= 0.3 is 0 Å². The average Bonchev–Trinajstić information content (AvgIpc) is 3.51. The van der Waals surface area contributed by atoms with E-state index in [2.05, 4.69) is 20.8 Å². The SMILES string of the molecule is Cc1cccc(-c2nn(-c3ccccc3)cc2C(=O)Nc2cccc(-n3cnnn3)c2)c1. The summed E-state index contributed by atoms with van der Waals surface area (Å²) in [6.45, 7) is 2.02.